The zero-order valence-corrected chi connectivity index (χ0v) is 17.9. The van der Waals surface area contributed by atoms with Gasteiger partial charge >= 0.3 is 0 Å². The molecule has 2 aromatic rings. The summed E-state index contributed by atoms with van der Waals surface area (Å²) in [6.45, 7) is 0. The molecule has 0 bridgehead atoms. The van der Waals surface area contributed by atoms with Crippen LogP contribution in [0.2, 0.25) is 0 Å². The Morgan fingerprint density at radius 2 is 1.46 bits per heavy atom. The summed E-state index contributed by atoms with van der Waals surface area (Å²) >= 11 is 3.60. The molecule has 1 aliphatic heterocycles. The van der Waals surface area contributed by atoms with Gasteiger partial charge in [-0.2, -0.15) is 0 Å². The van der Waals surface area contributed by atoms with E-state index in [1.54, 1.807) is 34.5 Å². The molecule has 1 N–H and O–H groups in total. The monoisotopic (exact) mass is 451 g/mol. The number of methoxy groups -OCH3 is 5. The Balaban J connectivity index is 2.28. The van der Waals surface area contributed by atoms with Crippen molar-refractivity contribution in [2.75, 3.05) is 40.9 Å². The summed E-state index contributed by atoms with van der Waals surface area (Å²) in [5, 5.41) is 2.91. The number of anilines is 1. The van der Waals surface area contributed by atoms with E-state index in [2.05, 4.69) is 21.2 Å². The number of hydrogen-bond acceptors (Lipinski definition) is 6. The molecule has 0 aromatic heterocycles. The Morgan fingerprint density at radius 3 is 2.04 bits per heavy atom. The van der Waals surface area contributed by atoms with Gasteiger partial charge in [0.05, 0.1) is 41.2 Å². The van der Waals surface area contributed by atoms with Gasteiger partial charge in [-0.15, -0.1) is 0 Å². The highest BCUT2D eigenvalue weighted by Crippen LogP contribution is 2.52. The highest BCUT2D eigenvalue weighted by Gasteiger charge is 2.34. The summed E-state index contributed by atoms with van der Waals surface area (Å²) in [5.74, 6) is 2.25. The molecule has 1 amide bonds. The van der Waals surface area contributed by atoms with Crippen molar-refractivity contribution >= 4 is 27.5 Å². The van der Waals surface area contributed by atoms with Crippen molar-refractivity contribution in [1.82, 2.24) is 0 Å². The van der Waals surface area contributed by atoms with Gasteiger partial charge in [0, 0.05) is 28.4 Å². The van der Waals surface area contributed by atoms with Crippen LogP contribution in [0.1, 0.15) is 23.5 Å². The Morgan fingerprint density at radius 1 is 0.857 bits per heavy atom. The minimum absolute atomic E-state index is 0.103. The van der Waals surface area contributed by atoms with E-state index in [0.29, 0.717) is 34.4 Å². The first-order chi connectivity index (χ1) is 13.5. The van der Waals surface area contributed by atoms with E-state index in [9.17, 15) is 4.79 Å². The van der Waals surface area contributed by atoms with Crippen LogP contribution < -0.4 is 29.0 Å². The SMILES string of the molecule is COc1cc(Br)c([C@H]2CC(=O)Nc3cc(OC)c(OC)c(OC)c32)cc1OC. The molecule has 8 heteroatoms. The number of ether oxygens (including phenoxy) is 5. The van der Waals surface area contributed by atoms with E-state index < -0.39 is 0 Å². The van der Waals surface area contributed by atoms with Crippen molar-refractivity contribution in [3.8, 4) is 28.7 Å². The Hall–Kier alpha value is -2.61. The van der Waals surface area contributed by atoms with Gasteiger partial charge in [0.15, 0.2) is 23.0 Å². The van der Waals surface area contributed by atoms with Crippen LogP contribution in [0.25, 0.3) is 0 Å². The van der Waals surface area contributed by atoms with E-state index in [1.165, 1.54) is 7.11 Å². The topological polar surface area (TPSA) is 75.3 Å². The van der Waals surface area contributed by atoms with Crippen LogP contribution in [0.5, 0.6) is 28.7 Å². The van der Waals surface area contributed by atoms with Crippen LogP contribution in [0.3, 0.4) is 0 Å². The summed E-state index contributed by atoms with van der Waals surface area (Å²) in [4.78, 5) is 12.5. The van der Waals surface area contributed by atoms with Gasteiger partial charge in [-0.25, -0.2) is 0 Å². The fourth-order valence-electron chi connectivity index (χ4n) is 3.52. The summed E-state index contributed by atoms with van der Waals surface area (Å²) in [6, 6.07) is 5.44. The average molecular weight is 452 g/mol. The molecule has 0 saturated heterocycles. The lowest BCUT2D eigenvalue weighted by Gasteiger charge is -2.30. The smallest absolute Gasteiger partial charge is 0.225 e. The highest BCUT2D eigenvalue weighted by molar-refractivity contribution is 9.10. The molecule has 28 heavy (non-hydrogen) atoms. The predicted octanol–water partition coefficient (Wildman–Crippen LogP) is 3.97. The molecule has 0 saturated carbocycles. The maximum atomic E-state index is 12.5. The lowest BCUT2D eigenvalue weighted by Crippen LogP contribution is -2.24. The molecular weight excluding hydrogens is 430 g/mol. The normalized spacial score (nSPS) is 15.4. The summed E-state index contributed by atoms with van der Waals surface area (Å²) < 4.78 is 28.2. The molecule has 150 valence electrons. The van der Waals surface area contributed by atoms with Crippen molar-refractivity contribution in [1.29, 1.82) is 0 Å². The van der Waals surface area contributed by atoms with Crippen molar-refractivity contribution in [2.45, 2.75) is 12.3 Å². The first-order valence-corrected chi connectivity index (χ1v) is 9.32. The van der Waals surface area contributed by atoms with Gasteiger partial charge in [-0.3, -0.25) is 4.79 Å². The maximum absolute atomic E-state index is 12.5. The van der Waals surface area contributed by atoms with Crippen LogP contribution in [0.4, 0.5) is 5.69 Å². The fourth-order valence-corrected chi connectivity index (χ4v) is 4.12. The largest absolute Gasteiger partial charge is 0.493 e. The summed E-state index contributed by atoms with van der Waals surface area (Å²) in [6.07, 6.45) is 0.243. The molecule has 0 radical (unpaired) electrons. The third-order valence-corrected chi connectivity index (χ3v) is 5.45. The Kier molecular flexibility index (Phi) is 5.88. The minimum atomic E-state index is -0.285. The third kappa shape index (κ3) is 3.32. The first-order valence-electron chi connectivity index (χ1n) is 8.53. The van der Waals surface area contributed by atoms with Crippen molar-refractivity contribution < 1.29 is 28.5 Å². The van der Waals surface area contributed by atoms with Crippen molar-refractivity contribution in [2.24, 2.45) is 0 Å². The molecular formula is C20H22BrNO6. The lowest BCUT2D eigenvalue weighted by molar-refractivity contribution is -0.116. The molecule has 7 nitrogen and oxygen atoms in total. The summed E-state index contributed by atoms with van der Waals surface area (Å²) in [5.41, 5.74) is 2.31. The van der Waals surface area contributed by atoms with E-state index in [0.717, 1.165) is 15.6 Å². The molecule has 1 aliphatic rings. The van der Waals surface area contributed by atoms with Gasteiger partial charge < -0.3 is 29.0 Å². The number of hydrogen-bond donors (Lipinski definition) is 1. The zero-order valence-electron chi connectivity index (χ0n) is 16.3. The third-order valence-electron chi connectivity index (χ3n) is 4.76. The molecule has 2 aromatic carbocycles. The van der Waals surface area contributed by atoms with Crippen molar-refractivity contribution in [3.63, 3.8) is 0 Å². The Labute approximate surface area is 172 Å². The molecule has 0 fully saturated rings. The number of amides is 1. The number of rotatable bonds is 6. The molecule has 3 rings (SSSR count). The van der Waals surface area contributed by atoms with E-state index in [-0.39, 0.29) is 18.2 Å². The van der Waals surface area contributed by atoms with Gasteiger partial charge in [0.25, 0.3) is 0 Å². The quantitative estimate of drug-likeness (QED) is 0.715. The fraction of sp³-hybridized carbons (Fsp3) is 0.350. The number of fused-ring (bicyclic) bond motifs is 1. The van der Waals surface area contributed by atoms with Gasteiger partial charge in [0.1, 0.15) is 0 Å². The minimum Gasteiger partial charge on any atom is -0.493 e. The molecule has 1 heterocycles. The van der Waals surface area contributed by atoms with Crippen LogP contribution in [-0.4, -0.2) is 41.5 Å². The number of carbonyl (C=O) groups excluding carboxylic acids is 1. The Bertz CT molecular complexity index is 914. The van der Waals surface area contributed by atoms with Gasteiger partial charge in [-0.05, 0) is 17.7 Å². The molecule has 0 unspecified atom stereocenters. The van der Waals surface area contributed by atoms with Crippen LogP contribution in [0.15, 0.2) is 22.7 Å². The molecule has 0 aliphatic carbocycles. The first kappa shape index (κ1) is 20.1. The van der Waals surface area contributed by atoms with E-state index >= 15 is 0 Å². The van der Waals surface area contributed by atoms with Gasteiger partial charge in [0.2, 0.25) is 11.7 Å². The second-order valence-corrected chi connectivity index (χ2v) is 6.99. The maximum Gasteiger partial charge on any atom is 0.225 e. The molecule has 0 spiro atoms. The highest BCUT2D eigenvalue weighted by atomic mass is 79.9. The standard InChI is InChI=1S/C20H22BrNO6/c1-24-14-6-10(12(21)8-15(14)25-2)11-7-17(23)22-13-9-16(26-3)19(27-4)20(28-5)18(11)13/h6,8-9,11H,7H2,1-5H3,(H,22,23)/t11-/m1/s1. The number of nitrogens with one attached hydrogen (secondary N) is 1. The van der Waals surface area contributed by atoms with Gasteiger partial charge in [-0.1, -0.05) is 15.9 Å². The predicted molar refractivity (Wildman–Crippen MR) is 108 cm³/mol. The number of carbonyl (C=O) groups is 1. The zero-order chi connectivity index (χ0) is 20.4. The number of benzene rings is 2. The van der Waals surface area contributed by atoms with Crippen LogP contribution >= 0.6 is 15.9 Å². The summed E-state index contributed by atoms with van der Waals surface area (Å²) in [7, 11) is 7.81. The van der Waals surface area contributed by atoms with E-state index in [4.69, 9.17) is 23.7 Å². The lowest BCUT2D eigenvalue weighted by atomic mass is 9.83. The molecule has 1 atom stereocenters. The second kappa shape index (κ2) is 8.18. The second-order valence-electron chi connectivity index (χ2n) is 6.14. The van der Waals surface area contributed by atoms with Crippen LogP contribution in [0, 0.1) is 0 Å². The van der Waals surface area contributed by atoms with E-state index in [1.807, 2.05) is 12.1 Å². The van der Waals surface area contributed by atoms with Crippen LogP contribution in [-0.2, 0) is 4.79 Å². The van der Waals surface area contributed by atoms with Crippen molar-refractivity contribution in [3.05, 3.63) is 33.8 Å². The average Bonchev–Trinajstić information content (AvgIpc) is 2.71. The number of halogens is 1.